The number of anilines is 1. The molecule has 0 atom stereocenters. The summed E-state index contributed by atoms with van der Waals surface area (Å²) in [7, 11) is 5.19. The number of benzene rings is 1. The van der Waals surface area contributed by atoms with Crippen LogP contribution in [0.2, 0.25) is 5.02 Å². The lowest BCUT2D eigenvalue weighted by Crippen LogP contribution is -2.29. The van der Waals surface area contributed by atoms with Crippen molar-refractivity contribution < 1.29 is 14.3 Å². The van der Waals surface area contributed by atoms with E-state index in [9.17, 15) is 4.79 Å². The Kier molecular flexibility index (Phi) is 8.01. The molecule has 0 aliphatic carbocycles. The zero-order valence-electron chi connectivity index (χ0n) is 13.3. The predicted molar refractivity (Wildman–Crippen MR) is 88.7 cm³/mol. The molecule has 7 heteroatoms. The van der Waals surface area contributed by atoms with Gasteiger partial charge in [-0.15, -0.1) is 0 Å². The number of carbonyl (C=O) groups is 1. The fourth-order valence-corrected chi connectivity index (χ4v) is 2.08. The van der Waals surface area contributed by atoms with Gasteiger partial charge in [0.25, 0.3) is 5.91 Å². The van der Waals surface area contributed by atoms with Gasteiger partial charge in [0.05, 0.1) is 30.0 Å². The molecular weight excluding hydrogens is 306 g/mol. The molecule has 0 fully saturated rings. The number of hydrogen-bond donors (Lipinski definition) is 2. The first-order valence-electron chi connectivity index (χ1n) is 7.08. The van der Waals surface area contributed by atoms with Crippen molar-refractivity contribution in [2.24, 2.45) is 0 Å². The molecule has 0 aromatic heterocycles. The molecule has 0 radical (unpaired) electrons. The topological polar surface area (TPSA) is 76.8 Å². The van der Waals surface area contributed by atoms with Crippen LogP contribution in [0, 0.1) is 0 Å². The normalized spacial score (nSPS) is 10.8. The van der Waals surface area contributed by atoms with E-state index in [4.69, 9.17) is 26.8 Å². The number of amides is 1. The van der Waals surface area contributed by atoms with E-state index in [2.05, 4.69) is 10.2 Å². The average molecular weight is 330 g/mol. The van der Waals surface area contributed by atoms with Gasteiger partial charge in [-0.3, -0.25) is 4.79 Å². The molecule has 0 spiro atoms. The van der Waals surface area contributed by atoms with Crippen molar-refractivity contribution in [3.05, 3.63) is 22.7 Å². The fraction of sp³-hybridized carbons (Fsp3) is 0.533. The third kappa shape index (κ3) is 5.71. The monoisotopic (exact) mass is 329 g/mol. The quantitative estimate of drug-likeness (QED) is 0.532. The highest BCUT2D eigenvalue weighted by Gasteiger charge is 2.14. The van der Waals surface area contributed by atoms with Gasteiger partial charge < -0.3 is 25.4 Å². The molecule has 1 aromatic carbocycles. The van der Waals surface area contributed by atoms with E-state index in [1.54, 1.807) is 13.2 Å². The van der Waals surface area contributed by atoms with Crippen molar-refractivity contribution in [1.82, 2.24) is 10.2 Å². The highest BCUT2D eigenvalue weighted by molar-refractivity contribution is 6.33. The van der Waals surface area contributed by atoms with Crippen molar-refractivity contribution in [2.45, 2.75) is 6.42 Å². The van der Waals surface area contributed by atoms with Crippen molar-refractivity contribution in [3.8, 4) is 5.75 Å². The Morgan fingerprint density at radius 1 is 1.36 bits per heavy atom. The van der Waals surface area contributed by atoms with E-state index in [1.165, 1.54) is 13.2 Å². The number of methoxy groups -OCH3 is 2. The van der Waals surface area contributed by atoms with Crippen LogP contribution < -0.4 is 15.8 Å². The van der Waals surface area contributed by atoms with Crippen LogP contribution in [0.15, 0.2) is 12.1 Å². The molecule has 124 valence electrons. The predicted octanol–water partition coefficient (Wildman–Crippen LogP) is 1.63. The molecule has 0 aliphatic heterocycles. The number of likely N-dealkylation sites (N-methyl/N-ethyl adjacent to an activating group) is 1. The van der Waals surface area contributed by atoms with Crippen LogP contribution in [0.1, 0.15) is 16.8 Å². The van der Waals surface area contributed by atoms with E-state index in [1.807, 2.05) is 7.05 Å². The van der Waals surface area contributed by atoms with Gasteiger partial charge in [-0.25, -0.2) is 0 Å². The number of hydrogen-bond acceptors (Lipinski definition) is 5. The number of ether oxygens (including phenoxy) is 2. The highest BCUT2D eigenvalue weighted by Crippen LogP contribution is 2.28. The summed E-state index contributed by atoms with van der Waals surface area (Å²) in [6, 6.07) is 3.07. The smallest absolute Gasteiger partial charge is 0.255 e. The fourth-order valence-electron chi connectivity index (χ4n) is 1.92. The molecule has 3 N–H and O–H groups in total. The van der Waals surface area contributed by atoms with E-state index in [-0.39, 0.29) is 5.91 Å². The van der Waals surface area contributed by atoms with Crippen LogP contribution in [-0.4, -0.2) is 58.3 Å². The molecule has 0 unspecified atom stereocenters. The molecule has 0 saturated heterocycles. The third-order valence-corrected chi connectivity index (χ3v) is 3.57. The van der Waals surface area contributed by atoms with E-state index in [0.717, 1.165) is 19.5 Å². The number of carbonyl (C=O) groups excluding carboxylic acids is 1. The van der Waals surface area contributed by atoms with E-state index in [0.29, 0.717) is 35.2 Å². The molecule has 0 aliphatic rings. The second kappa shape index (κ2) is 9.50. The average Bonchev–Trinajstić information content (AvgIpc) is 2.51. The number of nitrogens with zero attached hydrogens (tertiary/aromatic N) is 1. The zero-order chi connectivity index (χ0) is 16.5. The summed E-state index contributed by atoms with van der Waals surface area (Å²) >= 11 is 5.96. The largest absolute Gasteiger partial charge is 0.496 e. The van der Waals surface area contributed by atoms with Gasteiger partial charge in [-0.1, -0.05) is 11.6 Å². The van der Waals surface area contributed by atoms with Crippen LogP contribution in [0.5, 0.6) is 5.75 Å². The first-order chi connectivity index (χ1) is 10.5. The summed E-state index contributed by atoms with van der Waals surface area (Å²) in [6.45, 7) is 3.01. The van der Waals surface area contributed by atoms with Crippen molar-refractivity contribution >= 4 is 23.2 Å². The molecular formula is C15H24ClN3O3. The van der Waals surface area contributed by atoms with Crippen molar-refractivity contribution in [3.63, 3.8) is 0 Å². The Hall–Kier alpha value is -1.50. The lowest BCUT2D eigenvalue weighted by Gasteiger charge is -2.16. The van der Waals surface area contributed by atoms with E-state index >= 15 is 0 Å². The van der Waals surface area contributed by atoms with Crippen LogP contribution in [0.3, 0.4) is 0 Å². The SMILES string of the molecule is COCCN(C)CCCNC(=O)c1cc(Cl)c(N)cc1OC. The Bertz CT molecular complexity index is 497. The van der Waals surface area contributed by atoms with Gasteiger partial charge in [0.1, 0.15) is 5.75 Å². The van der Waals surface area contributed by atoms with Crippen molar-refractivity contribution in [1.29, 1.82) is 0 Å². The summed E-state index contributed by atoms with van der Waals surface area (Å²) in [4.78, 5) is 14.3. The Balaban J connectivity index is 2.47. The Morgan fingerprint density at radius 3 is 2.73 bits per heavy atom. The van der Waals surface area contributed by atoms with Crippen LogP contribution in [0.25, 0.3) is 0 Å². The van der Waals surface area contributed by atoms with E-state index < -0.39 is 0 Å². The first-order valence-corrected chi connectivity index (χ1v) is 7.46. The van der Waals surface area contributed by atoms with Gasteiger partial charge in [0.2, 0.25) is 0 Å². The van der Waals surface area contributed by atoms with Gasteiger partial charge in [0.15, 0.2) is 0 Å². The molecule has 1 rings (SSSR count). The molecule has 0 heterocycles. The standard InChI is InChI=1S/C15H24ClN3O3/c1-19(7-8-21-2)6-4-5-18-15(20)11-9-12(16)13(17)10-14(11)22-3/h9-10H,4-8,17H2,1-3H3,(H,18,20). The van der Waals surface area contributed by atoms with Crippen LogP contribution in [-0.2, 0) is 4.74 Å². The summed E-state index contributed by atoms with van der Waals surface area (Å²) in [5.41, 5.74) is 6.47. The minimum absolute atomic E-state index is 0.224. The first kappa shape index (κ1) is 18.5. The summed E-state index contributed by atoms with van der Waals surface area (Å²) < 4.78 is 10.2. The molecule has 0 bridgehead atoms. The maximum atomic E-state index is 12.2. The Morgan fingerprint density at radius 2 is 2.09 bits per heavy atom. The van der Waals surface area contributed by atoms with Gasteiger partial charge >= 0.3 is 0 Å². The van der Waals surface area contributed by atoms with Crippen LogP contribution in [0.4, 0.5) is 5.69 Å². The number of rotatable bonds is 9. The summed E-state index contributed by atoms with van der Waals surface area (Å²) in [5, 5.41) is 3.19. The van der Waals surface area contributed by atoms with Gasteiger partial charge in [-0.05, 0) is 26.1 Å². The minimum atomic E-state index is -0.224. The minimum Gasteiger partial charge on any atom is -0.496 e. The van der Waals surface area contributed by atoms with Gasteiger partial charge in [0, 0.05) is 26.3 Å². The number of halogens is 1. The summed E-state index contributed by atoms with van der Waals surface area (Å²) in [5.74, 6) is 0.190. The lowest BCUT2D eigenvalue weighted by molar-refractivity contribution is 0.0948. The zero-order valence-corrected chi connectivity index (χ0v) is 14.1. The molecule has 1 aromatic rings. The van der Waals surface area contributed by atoms with Crippen LogP contribution >= 0.6 is 11.6 Å². The molecule has 6 nitrogen and oxygen atoms in total. The second-order valence-corrected chi connectivity index (χ2v) is 5.39. The Labute approximate surface area is 136 Å². The maximum absolute atomic E-state index is 12.2. The number of nitrogens with two attached hydrogens (primary N) is 1. The molecule has 1 amide bonds. The van der Waals surface area contributed by atoms with Crippen molar-refractivity contribution in [2.75, 3.05) is 53.2 Å². The third-order valence-electron chi connectivity index (χ3n) is 3.24. The maximum Gasteiger partial charge on any atom is 0.255 e. The number of nitrogens with one attached hydrogen (secondary N) is 1. The highest BCUT2D eigenvalue weighted by atomic mass is 35.5. The second-order valence-electron chi connectivity index (χ2n) is 4.98. The molecule has 0 saturated carbocycles. The lowest BCUT2D eigenvalue weighted by atomic mass is 10.1. The van der Waals surface area contributed by atoms with Gasteiger partial charge in [-0.2, -0.15) is 0 Å². The number of nitrogen functional groups attached to an aromatic ring is 1. The summed E-state index contributed by atoms with van der Waals surface area (Å²) in [6.07, 6.45) is 0.844. The molecule has 22 heavy (non-hydrogen) atoms.